The van der Waals surface area contributed by atoms with E-state index in [1.807, 2.05) is 26.1 Å². The second-order valence-electron chi connectivity index (χ2n) is 8.61. The molecule has 6 rings (SSSR count). The minimum Gasteiger partial charge on any atom is -0.423 e. The summed E-state index contributed by atoms with van der Waals surface area (Å²) in [6.45, 7) is 4.75. The van der Waals surface area contributed by atoms with Crippen LogP contribution in [-0.2, 0) is 6.42 Å². The number of fused-ring (bicyclic) bond motifs is 3. The standard InChI is InChI=1S/C23H23FN6O/c1-13-3-4-15(10-26-13)31-22-28-19-9-16-17(7-14(24)8-18(16)25-2)20(19)21(29-22)30-11-23(12-30)5-6-27-23/h3-4,7-8,10,25,27H,5-6,9,11-12H2,1-2H3. The molecule has 2 aliphatic heterocycles. The lowest BCUT2D eigenvalue weighted by Gasteiger charge is -2.57. The highest BCUT2D eigenvalue weighted by atomic mass is 19.1. The van der Waals surface area contributed by atoms with Crippen molar-refractivity contribution in [1.82, 2.24) is 20.3 Å². The molecule has 1 aromatic carbocycles. The van der Waals surface area contributed by atoms with Crippen LogP contribution in [0.5, 0.6) is 11.8 Å². The van der Waals surface area contributed by atoms with Crippen LogP contribution in [0.4, 0.5) is 15.9 Å². The van der Waals surface area contributed by atoms with Crippen molar-refractivity contribution in [3.63, 3.8) is 0 Å². The summed E-state index contributed by atoms with van der Waals surface area (Å²) in [4.78, 5) is 16.0. The Kier molecular flexibility index (Phi) is 3.95. The molecule has 7 nitrogen and oxygen atoms in total. The largest absolute Gasteiger partial charge is 0.423 e. The highest BCUT2D eigenvalue weighted by molar-refractivity contribution is 5.88. The summed E-state index contributed by atoms with van der Waals surface area (Å²) in [5.41, 5.74) is 5.57. The van der Waals surface area contributed by atoms with E-state index >= 15 is 0 Å². The molecule has 158 valence electrons. The first-order chi connectivity index (χ1) is 15.0. The Hall–Kier alpha value is -3.26. The topological polar surface area (TPSA) is 75.2 Å². The molecule has 8 heteroatoms. The van der Waals surface area contributed by atoms with E-state index in [1.54, 1.807) is 12.3 Å². The summed E-state index contributed by atoms with van der Waals surface area (Å²) in [7, 11) is 1.81. The number of hydrogen-bond donors (Lipinski definition) is 2. The van der Waals surface area contributed by atoms with Gasteiger partial charge in [0.2, 0.25) is 0 Å². The van der Waals surface area contributed by atoms with Crippen molar-refractivity contribution in [3.05, 3.63) is 53.2 Å². The monoisotopic (exact) mass is 418 g/mol. The molecule has 0 atom stereocenters. The van der Waals surface area contributed by atoms with Gasteiger partial charge in [-0.05, 0) is 55.3 Å². The molecule has 0 unspecified atom stereocenters. The van der Waals surface area contributed by atoms with Crippen molar-refractivity contribution in [2.24, 2.45) is 0 Å². The molecule has 2 fully saturated rings. The number of ether oxygens (including phenoxy) is 1. The van der Waals surface area contributed by atoms with E-state index in [9.17, 15) is 4.39 Å². The SMILES string of the molecule is CNc1cc(F)cc2c1Cc1nc(Oc3ccc(C)nc3)nc(N3CC4(CCN4)C3)c1-2. The molecule has 2 aromatic heterocycles. The number of nitrogens with one attached hydrogen (secondary N) is 2. The van der Waals surface area contributed by atoms with Gasteiger partial charge in [0.15, 0.2) is 0 Å². The Morgan fingerprint density at radius 1 is 1.23 bits per heavy atom. The van der Waals surface area contributed by atoms with Gasteiger partial charge in [-0.15, -0.1) is 0 Å². The van der Waals surface area contributed by atoms with Gasteiger partial charge in [0, 0.05) is 43.5 Å². The zero-order valence-corrected chi connectivity index (χ0v) is 17.5. The quantitative estimate of drug-likeness (QED) is 0.527. The van der Waals surface area contributed by atoms with Crippen LogP contribution in [0.25, 0.3) is 11.1 Å². The normalized spacial score (nSPS) is 17.6. The zero-order chi connectivity index (χ0) is 21.2. The number of halogens is 1. The molecule has 2 N–H and O–H groups in total. The second kappa shape index (κ2) is 6.62. The van der Waals surface area contributed by atoms with Crippen molar-refractivity contribution in [2.75, 3.05) is 36.9 Å². The predicted molar refractivity (Wildman–Crippen MR) is 116 cm³/mol. The number of hydrogen-bond acceptors (Lipinski definition) is 7. The Labute approximate surface area is 179 Å². The Balaban J connectivity index is 1.44. The lowest BCUT2D eigenvalue weighted by atomic mass is 9.80. The molecule has 0 saturated carbocycles. The van der Waals surface area contributed by atoms with E-state index in [1.165, 1.54) is 12.5 Å². The number of aryl methyl sites for hydroxylation is 1. The molecule has 31 heavy (non-hydrogen) atoms. The van der Waals surface area contributed by atoms with E-state index in [2.05, 4.69) is 20.5 Å². The number of benzene rings is 1. The van der Waals surface area contributed by atoms with Crippen LogP contribution in [0, 0.1) is 12.7 Å². The molecular weight excluding hydrogens is 395 g/mol. The van der Waals surface area contributed by atoms with Crippen molar-refractivity contribution in [1.29, 1.82) is 0 Å². The van der Waals surface area contributed by atoms with Gasteiger partial charge in [0.1, 0.15) is 17.4 Å². The van der Waals surface area contributed by atoms with E-state index in [0.29, 0.717) is 18.2 Å². The summed E-state index contributed by atoms with van der Waals surface area (Å²) in [5, 5.41) is 6.66. The third-order valence-electron chi connectivity index (χ3n) is 6.53. The highest BCUT2D eigenvalue weighted by Crippen LogP contribution is 2.47. The summed E-state index contributed by atoms with van der Waals surface area (Å²) in [6.07, 6.45) is 3.45. The first kappa shape index (κ1) is 18.5. The van der Waals surface area contributed by atoms with E-state index in [4.69, 9.17) is 14.7 Å². The number of rotatable bonds is 4. The van der Waals surface area contributed by atoms with Gasteiger partial charge in [-0.1, -0.05) is 0 Å². The van der Waals surface area contributed by atoms with Crippen molar-refractivity contribution in [3.8, 4) is 22.9 Å². The van der Waals surface area contributed by atoms with Gasteiger partial charge in [-0.3, -0.25) is 4.98 Å². The first-order valence-corrected chi connectivity index (χ1v) is 10.6. The highest BCUT2D eigenvalue weighted by Gasteiger charge is 2.49. The predicted octanol–water partition coefficient (Wildman–Crippen LogP) is 3.28. The molecule has 4 heterocycles. The number of anilines is 2. The molecule has 1 aliphatic carbocycles. The summed E-state index contributed by atoms with van der Waals surface area (Å²) in [6, 6.07) is 7.17. The fourth-order valence-corrected chi connectivity index (χ4v) is 4.79. The third-order valence-corrected chi connectivity index (χ3v) is 6.53. The molecular formula is C23H23FN6O. The van der Waals surface area contributed by atoms with Crippen LogP contribution >= 0.6 is 0 Å². The van der Waals surface area contributed by atoms with Crippen molar-refractivity contribution in [2.45, 2.75) is 25.3 Å². The maximum absolute atomic E-state index is 14.4. The van der Waals surface area contributed by atoms with Crippen LogP contribution in [0.15, 0.2) is 30.5 Å². The maximum Gasteiger partial charge on any atom is 0.324 e. The Bertz CT molecular complexity index is 1180. The van der Waals surface area contributed by atoms with Crippen LogP contribution in [0.3, 0.4) is 0 Å². The van der Waals surface area contributed by atoms with Gasteiger partial charge in [0.05, 0.1) is 17.4 Å². The number of pyridine rings is 1. The molecule has 3 aromatic rings. The average Bonchev–Trinajstić information content (AvgIpc) is 3.05. The maximum atomic E-state index is 14.4. The minimum atomic E-state index is -0.270. The van der Waals surface area contributed by atoms with Gasteiger partial charge >= 0.3 is 6.01 Å². The lowest BCUT2D eigenvalue weighted by molar-refractivity contribution is 0.158. The second-order valence-corrected chi connectivity index (χ2v) is 8.61. The number of aromatic nitrogens is 3. The fourth-order valence-electron chi connectivity index (χ4n) is 4.79. The smallest absolute Gasteiger partial charge is 0.324 e. The van der Waals surface area contributed by atoms with Gasteiger partial charge in [-0.25, -0.2) is 4.39 Å². The minimum absolute atomic E-state index is 0.194. The summed E-state index contributed by atoms with van der Waals surface area (Å²) < 4.78 is 20.4. The molecule has 0 radical (unpaired) electrons. The average molecular weight is 418 g/mol. The zero-order valence-electron chi connectivity index (χ0n) is 17.5. The fraction of sp³-hybridized carbons (Fsp3) is 0.348. The van der Waals surface area contributed by atoms with Gasteiger partial charge < -0.3 is 20.3 Å². The van der Waals surface area contributed by atoms with Crippen LogP contribution < -0.4 is 20.3 Å². The molecule has 2 saturated heterocycles. The number of nitrogens with zero attached hydrogens (tertiary/aromatic N) is 4. The lowest BCUT2D eigenvalue weighted by Crippen LogP contribution is -2.76. The molecule has 0 bridgehead atoms. The van der Waals surface area contributed by atoms with E-state index in [-0.39, 0.29) is 11.4 Å². The molecule has 1 spiro atoms. The summed E-state index contributed by atoms with van der Waals surface area (Å²) in [5.74, 6) is 1.13. The van der Waals surface area contributed by atoms with Gasteiger partial charge in [0.25, 0.3) is 0 Å². The van der Waals surface area contributed by atoms with Crippen molar-refractivity contribution < 1.29 is 9.13 Å². The Morgan fingerprint density at radius 3 is 2.74 bits per heavy atom. The van der Waals surface area contributed by atoms with Gasteiger partial charge in [-0.2, -0.15) is 9.97 Å². The van der Waals surface area contributed by atoms with Crippen LogP contribution in [0.1, 0.15) is 23.4 Å². The summed E-state index contributed by atoms with van der Waals surface area (Å²) >= 11 is 0. The van der Waals surface area contributed by atoms with Crippen molar-refractivity contribution >= 4 is 11.5 Å². The van der Waals surface area contributed by atoms with Crippen LogP contribution in [0.2, 0.25) is 0 Å². The molecule has 3 aliphatic rings. The first-order valence-electron chi connectivity index (χ1n) is 10.6. The Morgan fingerprint density at radius 2 is 2.06 bits per heavy atom. The van der Waals surface area contributed by atoms with Crippen LogP contribution in [-0.4, -0.2) is 47.2 Å². The third kappa shape index (κ3) is 2.93. The molecule has 0 amide bonds. The van der Waals surface area contributed by atoms with E-state index < -0.39 is 0 Å². The van der Waals surface area contributed by atoms with E-state index in [0.717, 1.165) is 59.2 Å².